The van der Waals surface area contributed by atoms with Crippen molar-refractivity contribution in [2.24, 2.45) is 0 Å². The van der Waals surface area contributed by atoms with Crippen LogP contribution in [0.2, 0.25) is 0 Å². The summed E-state index contributed by atoms with van der Waals surface area (Å²) in [6.45, 7) is 0. The van der Waals surface area contributed by atoms with Gasteiger partial charge in [-0.3, -0.25) is 0 Å². The van der Waals surface area contributed by atoms with Crippen LogP contribution in [0.15, 0.2) is 0 Å². The summed E-state index contributed by atoms with van der Waals surface area (Å²) in [4.78, 5) is 0. The van der Waals surface area contributed by atoms with Crippen molar-refractivity contribution in [1.29, 1.82) is 0 Å². The first-order valence-electron chi connectivity index (χ1n) is 3.03. The molecule has 1 rings (SSSR count). The SMILES string of the molecule is IC1CCCCC1. The second-order valence-corrected chi connectivity index (χ2v) is 4.00. The largest absolute Gasteiger partial charge is 0.0826 e. The minimum Gasteiger partial charge on any atom is -0.0826 e. The van der Waals surface area contributed by atoms with Gasteiger partial charge >= 0.3 is 0 Å². The van der Waals surface area contributed by atoms with Crippen LogP contribution in [0.5, 0.6) is 0 Å². The highest BCUT2D eigenvalue weighted by atomic mass is 127. The van der Waals surface area contributed by atoms with E-state index in [0.717, 1.165) is 3.92 Å². The lowest BCUT2D eigenvalue weighted by Gasteiger charge is -2.13. The summed E-state index contributed by atoms with van der Waals surface area (Å²) in [5.74, 6) is 0. The summed E-state index contributed by atoms with van der Waals surface area (Å²) in [5, 5.41) is 0. The Balaban J connectivity index is 2.12. The minimum absolute atomic E-state index is 1.01. The van der Waals surface area contributed by atoms with Crippen molar-refractivity contribution in [3.8, 4) is 0 Å². The first-order valence-corrected chi connectivity index (χ1v) is 4.28. The van der Waals surface area contributed by atoms with Crippen molar-refractivity contribution in [1.82, 2.24) is 0 Å². The standard InChI is InChI=1S/C6H11I/c7-6-4-2-1-3-5-6/h6H,1-5H2. The Hall–Kier alpha value is 0.730. The molecule has 0 aromatic rings. The van der Waals surface area contributed by atoms with Crippen molar-refractivity contribution >= 4 is 22.6 Å². The van der Waals surface area contributed by atoms with Crippen LogP contribution in [0.25, 0.3) is 0 Å². The van der Waals surface area contributed by atoms with Gasteiger partial charge in [-0.1, -0.05) is 41.9 Å². The number of hydrogen-bond acceptors (Lipinski definition) is 0. The van der Waals surface area contributed by atoms with Crippen LogP contribution in [-0.2, 0) is 0 Å². The molecule has 0 spiro atoms. The minimum atomic E-state index is 1.01. The van der Waals surface area contributed by atoms with Crippen LogP contribution in [0.3, 0.4) is 0 Å². The average molecular weight is 210 g/mol. The molecule has 0 nitrogen and oxygen atoms in total. The smallest absolute Gasteiger partial charge is 0.0110 e. The Morgan fingerprint density at radius 2 is 1.57 bits per heavy atom. The number of rotatable bonds is 0. The monoisotopic (exact) mass is 210 g/mol. The van der Waals surface area contributed by atoms with Gasteiger partial charge in [-0.25, -0.2) is 0 Å². The molecule has 1 fully saturated rings. The van der Waals surface area contributed by atoms with Gasteiger partial charge in [-0.05, 0) is 12.8 Å². The highest BCUT2D eigenvalue weighted by molar-refractivity contribution is 14.1. The third-order valence-corrected chi connectivity index (χ3v) is 2.78. The molecule has 0 amide bonds. The predicted molar refractivity (Wildman–Crippen MR) is 40.9 cm³/mol. The van der Waals surface area contributed by atoms with E-state index in [4.69, 9.17) is 0 Å². The van der Waals surface area contributed by atoms with Gasteiger partial charge in [0.25, 0.3) is 0 Å². The van der Waals surface area contributed by atoms with Crippen molar-refractivity contribution in [2.45, 2.75) is 36.0 Å². The molecule has 1 aliphatic carbocycles. The van der Waals surface area contributed by atoms with Crippen LogP contribution in [0, 0.1) is 0 Å². The Bertz CT molecular complexity index is 46.1. The third-order valence-electron chi connectivity index (χ3n) is 1.53. The fraction of sp³-hybridized carbons (Fsp3) is 1.00. The van der Waals surface area contributed by atoms with Crippen molar-refractivity contribution in [3.63, 3.8) is 0 Å². The van der Waals surface area contributed by atoms with Gasteiger partial charge in [0.15, 0.2) is 0 Å². The highest BCUT2D eigenvalue weighted by Gasteiger charge is 2.07. The fourth-order valence-electron chi connectivity index (χ4n) is 1.05. The lowest BCUT2D eigenvalue weighted by Crippen LogP contribution is -2.02. The van der Waals surface area contributed by atoms with Gasteiger partial charge in [-0.2, -0.15) is 0 Å². The first-order chi connectivity index (χ1) is 3.39. The molecular weight excluding hydrogens is 199 g/mol. The lowest BCUT2D eigenvalue weighted by molar-refractivity contribution is 0.528. The van der Waals surface area contributed by atoms with Gasteiger partial charge < -0.3 is 0 Å². The van der Waals surface area contributed by atoms with E-state index in [0.29, 0.717) is 0 Å². The van der Waals surface area contributed by atoms with Crippen LogP contribution in [0.4, 0.5) is 0 Å². The van der Waals surface area contributed by atoms with Crippen LogP contribution < -0.4 is 0 Å². The molecule has 0 N–H and O–H groups in total. The number of hydrogen-bond donors (Lipinski definition) is 0. The zero-order valence-electron chi connectivity index (χ0n) is 4.49. The molecule has 0 aromatic heterocycles. The molecule has 1 saturated carbocycles. The third kappa shape index (κ3) is 1.98. The molecule has 0 radical (unpaired) electrons. The molecule has 1 aliphatic rings. The fourth-order valence-corrected chi connectivity index (χ4v) is 1.93. The van der Waals surface area contributed by atoms with E-state index in [1.807, 2.05) is 0 Å². The van der Waals surface area contributed by atoms with E-state index < -0.39 is 0 Å². The molecule has 0 atom stereocenters. The lowest BCUT2D eigenvalue weighted by atomic mass is 10.0. The maximum absolute atomic E-state index is 2.56. The second-order valence-electron chi connectivity index (χ2n) is 2.24. The maximum Gasteiger partial charge on any atom is 0.0110 e. The molecular formula is C6H11I. The summed E-state index contributed by atoms with van der Waals surface area (Å²) >= 11 is 2.56. The Labute approximate surface area is 58.8 Å². The summed E-state index contributed by atoms with van der Waals surface area (Å²) in [6.07, 6.45) is 7.39. The van der Waals surface area contributed by atoms with Gasteiger partial charge in [0.05, 0.1) is 0 Å². The van der Waals surface area contributed by atoms with E-state index in [1.165, 1.54) is 32.1 Å². The molecule has 0 saturated heterocycles. The molecule has 0 aliphatic heterocycles. The van der Waals surface area contributed by atoms with Gasteiger partial charge in [-0.15, -0.1) is 0 Å². The van der Waals surface area contributed by atoms with Crippen molar-refractivity contribution < 1.29 is 0 Å². The molecule has 1 heteroatoms. The topological polar surface area (TPSA) is 0 Å². The molecule has 0 bridgehead atoms. The summed E-state index contributed by atoms with van der Waals surface area (Å²) in [7, 11) is 0. The predicted octanol–water partition coefficient (Wildman–Crippen LogP) is 2.75. The molecule has 42 valence electrons. The second kappa shape index (κ2) is 2.90. The number of alkyl halides is 1. The number of halogens is 1. The van der Waals surface area contributed by atoms with E-state index in [1.54, 1.807) is 0 Å². The van der Waals surface area contributed by atoms with E-state index >= 15 is 0 Å². The van der Waals surface area contributed by atoms with Crippen LogP contribution >= 0.6 is 22.6 Å². The molecule has 0 heterocycles. The van der Waals surface area contributed by atoms with Gasteiger partial charge in [0.1, 0.15) is 0 Å². The molecule has 0 unspecified atom stereocenters. The average Bonchev–Trinajstić information content (AvgIpc) is 1.69. The first kappa shape index (κ1) is 5.86. The molecule has 0 aromatic carbocycles. The quantitative estimate of drug-likeness (QED) is 0.426. The summed E-state index contributed by atoms with van der Waals surface area (Å²) in [6, 6.07) is 0. The Kier molecular flexibility index (Phi) is 2.43. The summed E-state index contributed by atoms with van der Waals surface area (Å²) < 4.78 is 1.01. The van der Waals surface area contributed by atoms with E-state index in [-0.39, 0.29) is 0 Å². The van der Waals surface area contributed by atoms with Crippen molar-refractivity contribution in [3.05, 3.63) is 0 Å². The summed E-state index contributed by atoms with van der Waals surface area (Å²) in [5.41, 5.74) is 0. The molecule has 7 heavy (non-hydrogen) atoms. The van der Waals surface area contributed by atoms with Crippen LogP contribution in [-0.4, -0.2) is 3.92 Å². The zero-order valence-corrected chi connectivity index (χ0v) is 6.65. The Morgan fingerprint density at radius 3 is 1.86 bits per heavy atom. The van der Waals surface area contributed by atoms with Gasteiger partial charge in [0, 0.05) is 3.92 Å². The van der Waals surface area contributed by atoms with Crippen molar-refractivity contribution in [2.75, 3.05) is 0 Å². The highest BCUT2D eigenvalue weighted by Crippen LogP contribution is 2.23. The van der Waals surface area contributed by atoms with Crippen LogP contribution in [0.1, 0.15) is 32.1 Å². The normalized spacial score (nSPS) is 25.3. The maximum atomic E-state index is 2.56. The van der Waals surface area contributed by atoms with E-state index in [9.17, 15) is 0 Å². The Morgan fingerprint density at radius 1 is 1.00 bits per heavy atom. The van der Waals surface area contributed by atoms with Gasteiger partial charge in [0.2, 0.25) is 0 Å². The zero-order chi connectivity index (χ0) is 5.11. The van der Waals surface area contributed by atoms with E-state index in [2.05, 4.69) is 22.6 Å².